The van der Waals surface area contributed by atoms with Gasteiger partial charge in [0.25, 0.3) is 0 Å². The molecule has 0 amide bonds. The zero-order chi connectivity index (χ0) is 12.7. The predicted octanol–water partition coefficient (Wildman–Crippen LogP) is 0.0992. The normalized spacial score (nSPS) is 22.4. The first kappa shape index (κ1) is 11.1. The van der Waals surface area contributed by atoms with Crippen LogP contribution in [-0.4, -0.2) is 51.4 Å². The minimum atomic E-state index is 0.489. The lowest BCUT2D eigenvalue weighted by Gasteiger charge is -2.33. The standard InChI is InChI=1S/C12H17N7/c1-2-11(15-19-10(1)14-16-17-19)18-8-5-12(9-18)3-6-13-7-4-12/h1-2,13H,3-9H2. The molecule has 0 atom stereocenters. The zero-order valence-electron chi connectivity index (χ0n) is 10.8. The molecule has 100 valence electrons. The minimum absolute atomic E-state index is 0.489. The molecule has 0 unspecified atom stereocenters. The van der Waals surface area contributed by atoms with E-state index in [1.807, 2.05) is 12.1 Å². The molecule has 4 heterocycles. The number of piperidine rings is 1. The fourth-order valence-corrected chi connectivity index (χ4v) is 3.30. The van der Waals surface area contributed by atoms with Gasteiger partial charge in [-0.25, -0.2) is 0 Å². The van der Waals surface area contributed by atoms with Gasteiger partial charge in [-0.3, -0.25) is 0 Å². The summed E-state index contributed by atoms with van der Waals surface area (Å²) in [6.45, 7) is 4.48. The third kappa shape index (κ3) is 1.85. The Bertz CT molecular complexity index is 587. The molecular weight excluding hydrogens is 242 g/mol. The molecule has 0 aliphatic carbocycles. The summed E-state index contributed by atoms with van der Waals surface area (Å²) in [5, 5.41) is 19.3. The Kier molecular flexibility index (Phi) is 2.41. The first-order chi connectivity index (χ1) is 9.35. The number of rotatable bonds is 1. The van der Waals surface area contributed by atoms with Crippen molar-refractivity contribution in [3.05, 3.63) is 12.1 Å². The Balaban J connectivity index is 1.59. The second-order valence-corrected chi connectivity index (χ2v) is 5.64. The number of hydrogen-bond donors (Lipinski definition) is 1. The van der Waals surface area contributed by atoms with E-state index in [0.29, 0.717) is 11.1 Å². The number of hydrogen-bond acceptors (Lipinski definition) is 6. The van der Waals surface area contributed by atoms with E-state index in [9.17, 15) is 0 Å². The third-order valence-corrected chi connectivity index (χ3v) is 4.48. The molecule has 1 spiro atoms. The number of anilines is 1. The molecule has 2 aromatic heterocycles. The van der Waals surface area contributed by atoms with E-state index in [0.717, 1.165) is 32.0 Å². The van der Waals surface area contributed by atoms with E-state index in [1.165, 1.54) is 23.9 Å². The Hall–Kier alpha value is -1.76. The predicted molar refractivity (Wildman–Crippen MR) is 69.9 cm³/mol. The van der Waals surface area contributed by atoms with Crippen LogP contribution in [0.3, 0.4) is 0 Å². The highest BCUT2D eigenvalue weighted by Crippen LogP contribution is 2.39. The summed E-state index contributed by atoms with van der Waals surface area (Å²) in [7, 11) is 0. The van der Waals surface area contributed by atoms with Crippen molar-refractivity contribution in [2.45, 2.75) is 19.3 Å². The lowest BCUT2D eigenvalue weighted by atomic mass is 9.78. The maximum Gasteiger partial charge on any atom is 0.200 e. The molecule has 0 aromatic carbocycles. The van der Waals surface area contributed by atoms with E-state index in [1.54, 1.807) is 0 Å². The van der Waals surface area contributed by atoms with E-state index in [-0.39, 0.29) is 0 Å². The fraction of sp³-hybridized carbons (Fsp3) is 0.667. The van der Waals surface area contributed by atoms with Crippen molar-refractivity contribution in [1.82, 2.24) is 30.6 Å². The van der Waals surface area contributed by atoms with Gasteiger partial charge in [-0.05, 0) is 60.3 Å². The Morgan fingerprint density at radius 1 is 1.16 bits per heavy atom. The molecule has 2 aliphatic rings. The van der Waals surface area contributed by atoms with Crippen molar-refractivity contribution in [2.75, 3.05) is 31.1 Å². The van der Waals surface area contributed by atoms with E-state index < -0.39 is 0 Å². The van der Waals surface area contributed by atoms with E-state index in [2.05, 4.69) is 30.8 Å². The van der Waals surface area contributed by atoms with Gasteiger partial charge in [0.2, 0.25) is 0 Å². The number of tetrazole rings is 1. The molecule has 0 radical (unpaired) electrons. The van der Waals surface area contributed by atoms with Gasteiger partial charge in [-0.1, -0.05) is 0 Å². The van der Waals surface area contributed by atoms with Crippen LogP contribution in [0.15, 0.2) is 12.1 Å². The molecule has 7 heteroatoms. The van der Waals surface area contributed by atoms with Gasteiger partial charge in [0.05, 0.1) is 0 Å². The molecule has 2 fully saturated rings. The molecule has 2 aliphatic heterocycles. The maximum absolute atomic E-state index is 4.49. The summed E-state index contributed by atoms with van der Waals surface area (Å²) in [4.78, 5) is 2.37. The first-order valence-electron chi connectivity index (χ1n) is 6.86. The summed E-state index contributed by atoms with van der Waals surface area (Å²) < 4.78 is 1.50. The monoisotopic (exact) mass is 259 g/mol. The number of fused-ring (bicyclic) bond motifs is 1. The third-order valence-electron chi connectivity index (χ3n) is 4.48. The summed E-state index contributed by atoms with van der Waals surface area (Å²) in [5.74, 6) is 0.982. The van der Waals surface area contributed by atoms with Crippen LogP contribution < -0.4 is 10.2 Å². The van der Waals surface area contributed by atoms with Gasteiger partial charge < -0.3 is 10.2 Å². The van der Waals surface area contributed by atoms with E-state index >= 15 is 0 Å². The first-order valence-corrected chi connectivity index (χ1v) is 6.86. The highest BCUT2D eigenvalue weighted by atomic mass is 15.6. The van der Waals surface area contributed by atoms with Crippen molar-refractivity contribution in [1.29, 1.82) is 0 Å². The molecule has 1 N–H and O–H groups in total. The Morgan fingerprint density at radius 2 is 2.05 bits per heavy atom. The van der Waals surface area contributed by atoms with Crippen molar-refractivity contribution >= 4 is 11.5 Å². The second-order valence-electron chi connectivity index (χ2n) is 5.64. The maximum atomic E-state index is 4.49. The average Bonchev–Trinajstić information content (AvgIpc) is 3.06. The number of nitrogens with one attached hydrogen (secondary N) is 1. The summed E-state index contributed by atoms with van der Waals surface area (Å²) in [6.07, 6.45) is 3.82. The van der Waals surface area contributed by atoms with Crippen molar-refractivity contribution < 1.29 is 0 Å². The fourth-order valence-electron chi connectivity index (χ4n) is 3.30. The smallest absolute Gasteiger partial charge is 0.200 e. The van der Waals surface area contributed by atoms with Crippen LogP contribution in [0.1, 0.15) is 19.3 Å². The largest absolute Gasteiger partial charge is 0.355 e. The Labute approximate surface area is 111 Å². The minimum Gasteiger partial charge on any atom is -0.355 e. The summed E-state index contributed by atoms with van der Waals surface area (Å²) >= 11 is 0. The number of nitrogens with zero attached hydrogens (tertiary/aromatic N) is 6. The topological polar surface area (TPSA) is 71.2 Å². The molecule has 19 heavy (non-hydrogen) atoms. The SMILES string of the molecule is c1cc2nnnn2nc1N1CCC2(CCNCC2)C1. The molecule has 0 saturated carbocycles. The zero-order valence-corrected chi connectivity index (χ0v) is 10.8. The van der Waals surface area contributed by atoms with Crippen molar-refractivity contribution in [2.24, 2.45) is 5.41 Å². The van der Waals surface area contributed by atoms with Crippen LogP contribution >= 0.6 is 0 Å². The van der Waals surface area contributed by atoms with Crippen LogP contribution in [-0.2, 0) is 0 Å². The molecule has 7 nitrogen and oxygen atoms in total. The molecule has 0 bridgehead atoms. The molecule has 4 rings (SSSR count). The van der Waals surface area contributed by atoms with Gasteiger partial charge in [0.1, 0.15) is 0 Å². The van der Waals surface area contributed by atoms with Gasteiger partial charge in [0.15, 0.2) is 11.5 Å². The van der Waals surface area contributed by atoms with Crippen molar-refractivity contribution in [3.8, 4) is 0 Å². The molecule has 2 saturated heterocycles. The van der Waals surface area contributed by atoms with Crippen molar-refractivity contribution in [3.63, 3.8) is 0 Å². The average molecular weight is 259 g/mol. The molecule has 2 aromatic rings. The van der Waals surface area contributed by atoms with Gasteiger partial charge >= 0.3 is 0 Å². The van der Waals surface area contributed by atoms with Crippen LogP contribution in [0, 0.1) is 5.41 Å². The lowest BCUT2D eigenvalue weighted by molar-refractivity contribution is 0.232. The number of aromatic nitrogens is 5. The van der Waals surface area contributed by atoms with Gasteiger partial charge in [-0.15, -0.1) is 14.8 Å². The van der Waals surface area contributed by atoms with Crippen LogP contribution in [0.4, 0.5) is 5.82 Å². The lowest BCUT2D eigenvalue weighted by Crippen LogP contribution is -2.38. The molecular formula is C12H17N7. The highest BCUT2D eigenvalue weighted by Gasteiger charge is 2.39. The quantitative estimate of drug-likeness (QED) is 0.783. The van der Waals surface area contributed by atoms with Crippen LogP contribution in [0.5, 0.6) is 0 Å². The van der Waals surface area contributed by atoms with E-state index in [4.69, 9.17) is 0 Å². The van der Waals surface area contributed by atoms with Crippen LogP contribution in [0.25, 0.3) is 5.65 Å². The van der Waals surface area contributed by atoms with Gasteiger partial charge in [0, 0.05) is 13.1 Å². The summed E-state index contributed by atoms with van der Waals surface area (Å²) in [5.41, 5.74) is 1.18. The second kappa shape index (κ2) is 4.12. The summed E-state index contributed by atoms with van der Waals surface area (Å²) in [6, 6.07) is 3.95. The Morgan fingerprint density at radius 3 is 2.95 bits per heavy atom. The van der Waals surface area contributed by atoms with Gasteiger partial charge in [-0.2, -0.15) is 0 Å². The highest BCUT2D eigenvalue weighted by molar-refractivity contribution is 5.45. The van der Waals surface area contributed by atoms with Crippen LogP contribution in [0.2, 0.25) is 0 Å².